The molecule has 0 bridgehead atoms. The molecule has 0 aromatic heterocycles. The summed E-state index contributed by atoms with van der Waals surface area (Å²) < 4.78 is 9.78. The molecular formula is C12H16O4. The van der Waals surface area contributed by atoms with Crippen LogP contribution in [0, 0.1) is 0 Å². The lowest BCUT2D eigenvalue weighted by atomic mass is 10.2. The van der Waals surface area contributed by atoms with Gasteiger partial charge in [-0.2, -0.15) is 0 Å². The molecule has 16 heavy (non-hydrogen) atoms. The average Bonchev–Trinajstić information content (AvgIpc) is 2.35. The summed E-state index contributed by atoms with van der Waals surface area (Å²) in [6, 6.07) is 9.55. The number of benzene rings is 1. The molecule has 88 valence electrons. The monoisotopic (exact) mass is 224 g/mol. The smallest absolute Gasteiger partial charge is 0.337 e. The Morgan fingerprint density at radius 3 is 2.56 bits per heavy atom. The van der Waals surface area contributed by atoms with Crippen LogP contribution in [0.25, 0.3) is 0 Å². The van der Waals surface area contributed by atoms with Crippen LogP contribution in [0.3, 0.4) is 0 Å². The fraction of sp³-hybridized carbons (Fsp3) is 0.417. The van der Waals surface area contributed by atoms with E-state index in [4.69, 9.17) is 4.74 Å². The third-order valence-corrected chi connectivity index (χ3v) is 2.24. The Labute approximate surface area is 94.8 Å². The minimum Gasteiger partial charge on any atom is -0.467 e. The second kappa shape index (κ2) is 6.25. The highest BCUT2D eigenvalue weighted by molar-refractivity contribution is 5.74. The molecule has 0 aliphatic heterocycles. The fourth-order valence-electron chi connectivity index (χ4n) is 1.21. The predicted molar refractivity (Wildman–Crippen MR) is 58.7 cm³/mol. The number of hydrogen-bond donors (Lipinski definition) is 1. The number of ether oxygens (including phenoxy) is 2. The SMILES string of the molecule is COC(=O)[C@@H](O)[C@@H](C)OCc1ccccc1. The van der Waals surface area contributed by atoms with E-state index in [0.29, 0.717) is 6.61 Å². The topological polar surface area (TPSA) is 55.8 Å². The normalized spacial score (nSPS) is 14.2. The Morgan fingerprint density at radius 2 is 2.00 bits per heavy atom. The first-order valence-corrected chi connectivity index (χ1v) is 5.06. The zero-order chi connectivity index (χ0) is 12.0. The van der Waals surface area contributed by atoms with Crippen LogP contribution in [-0.4, -0.2) is 30.4 Å². The van der Waals surface area contributed by atoms with E-state index in [0.717, 1.165) is 5.56 Å². The van der Waals surface area contributed by atoms with E-state index in [2.05, 4.69) is 4.74 Å². The standard InChI is InChI=1S/C12H16O4/c1-9(11(13)12(14)15-2)16-8-10-6-4-3-5-7-10/h3-7,9,11,13H,8H2,1-2H3/t9-,11+/m1/s1. The van der Waals surface area contributed by atoms with Crippen molar-refractivity contribution in [2.45, 2.75) is 25.7 Å². The maximum Gasteiger partial charge on any atom is 0.337 e. The van der Waals surface area contributed by atoms with Crippen LogP contribution in [0.15, 0.2) is 30.3 Å². The van der Waals surface area contributed by atoms with Crippen LogP contribution in [-0.2, 0) is 20.9 Å². The van der Waals surface area contributed by atoms with Crippen molar-refractivity contribution in [3.05, 3.63) is 35.9 Å². The summed E-state index contributed by atoms with van der Waals surface area (Å²) in [5, 5.41) is 9.46. The van der Waals surface area contributed by atoms with Gasteiger partial charge in [-0.3, -0.25) is 0 Å². The van der Waals surface area contributed by atoms with E-state index in [-0.39, 0.29) is 0 Å². The maximum absolute atomic E-state index is 11.0. The van der Waals surface area contributed by atoms with Crippen LogP contribution in [0.1, 0.15) is 12.5 Å². The van der Waals surface area contributed by atoms with Crippen molar-refractivity contribution < 1.29 is 19.4 Å². The largest absolute Gasteiger partial charge is 0.467 e. The molecule has 1 rings (SSSR count). The van der Waals surface area contributed by atoms with Crippen LogP contribution < -0.4 is 0 Å². The lowest BCUT2D eigenvalue weighted by molar-refractivity contribution is -0.159. The van der Waals surface area contributed by atoms with E-state index in [9.17, 15) is 9.90 Å². The molecule has 0 unspecified atom stereocenters. The minimum atomic E-state index is -1.24. The highest BCUT2D eigenvalue weighted by Crippen LogP contribution is 2.06. The van der Waals surface area contributed by atoms with Crippen molar-refractivity contribution in [2.75, 3.05) is 7.11 Å². The van der Waals surface area contributed by atoms with Crippen molar-refractivity contribution in [3.8, 4) is 0 Å². The maximum atomic E-state index is 11.0. The molecule has 1 aromatic rings. The number of aliphatic hydroxyl groups is 1. The van der Waals surface area contributed by atoms with Gasteiger partial charge < -0.3 is 14.6 Å². The molecular weight excluding hydrogens is 208 g/mol. The van der Waals surface area contributed by atoms with Gasteiger partial charge >= 0.3 is 5.97 Å². The Balaban J connectivity index is 2.41. The third kappa shape index (κ3) is 3.64. The van der Waals surface area contributed by atoms with Crippen LogP contribution in [0.4, 0.5) is 0 Å². The molecule has 0 spiro atoms. The second-order valence-electron chi connectivity index (χ2n) is 3.47. The lowest BCUT2D eigenvalue weighted by Gasteiger charge is -2.17. The van der Waals surface area contributed by atoms with Crippen molar-refractivity contribution in [1.29, 1.82) is 0 Å². The summed E-state index contributed by atoms with van der Waals surface area (Å²) in [6.45, 7) is 1.99. The number of rotatable bonds is 5. The number of aliphatic hydroxyl groups excluding tert-OH is 1. The Kier molecular flexibility index (Phi) is 4.95. The Bertz CT molecular complexity index is 323. The summed E-state index contributed by atoms with van der Waals surface area (Å²) >= 11 is 0. The molecule has 0 radical (unpaired) electrons. The van der Waals surface area contributed by atoms with Gasteiger partial charge in [0.15, 0.2) is 6.10 Å². The summed E-state index contributed by atoms with van der Waals surface area (Å²) in [7, 11) is 1.23. The fourth-order valence-corrected chi connectivity index (χ4v) is 1.21. The van der Waals surface area contributed by atoms with E-state index < -0.39 is 18.2 Å². The summed E-state index contributed by atoms with van der Waals surface area (Å²) in [5.74, 6) is -0.680. The van der Waals surface area contributed by atoms with E-state index in [1.54, 1.807) is 6.92 Å². The first-order valence-electron chi connectivity index (χ1n) is 5.06. The second-order valence-corrected chi connectivity index (χ2v) is 3.47. The molecule has 0 saturated carbocycles. The van der Waals surface area contributed by atoms with Gasteiger partial charge in [0.1, 0.15) is 0 Å². The Hall–Kier alpha value is -1.39. The first kappa shape index (κ1) is 12.7. The number of carbonyl (C=O) groups excluding carboxylic acids is 1. The average molecular weight is 224 g/mol. The molecule has 0 saturated heterocycles. The summed E-state index contributed by atoms with van der Waals surface area (Å²) in [6.07, 6.45) is -1.83. The van der Waals surface area contributed by atoms with E-state index >= 15 is 0 Å². The van der Waals surface area contributed by atoms with Crippen molar-refractivity contribution in [2.24, 2.45) is 0 Å². The molecule has 1 aromatic carbocycles. The van der Waals surface area contributed by atoms with Gasteiger partial charge in [-0.15, -0.1) is 0 Å². The number of carbonyl (C=O) groups is 1. The van der Waals surface area contributed by atoms with Gasteiger partial charge in [0.05, 0.1) is 19.8 Å². The van der Waals surface area contributed by atoms with Gasteiger partial charge in [0, 0.05) is 0 Å². The molecule has 4 nitrogen and oxygen atoms in total. The number of methoxy groups -OCH3 is 1. The van der Waals surface area contributed by atoms with Crippen molar-refractivity contribution in [3.63, 3.8) is 0 Å². The van der Waals surface area contributed by atoms with Gasteiger partial charge in [0.2, 0.25) is 0 Å². The summed E-state index contributed by atoms with van der Waals surface area (Å²) in [4.78, 5) is 11.0. The van der Waals surface area contributed by atoms with Gasteiger partial charge in [0.25, 0.3) is 0 Å². The summed E-state index contributed by atoms with van der Waals surface area (Å²) in [5.41, 5.74) is 0.992. The van der Waals surface area contributed by atoms with Crippen LogP contribution in [0.5, 0.6) is 0 Å². The zero-order valence-electron chi connectivity index (χ0n) is 9.42. The van der Waals surface area contributed by atoms with E-state index in [1.807, 2.05) is 30.3 Å². The Morgan fingerprint density at radius 1 is 1.38 bits per heavy atom. The molecule has 0 aliphatic carbocycles. The molecule has 2 atom stereocenters. The van der Waals surface area contributed by atoms with Gasteiger partial charge in [-0.1, -0.05) is 30.3 Å². The zero-order valence-corrected chi connectivity index (χ0v) is 9.42. The van der Waals surface area contributed by atoms with Gasteiger partial charge in [-0.25, -0.2) is 4.79 Å². The molecule has 4 heteroatoms. The first-order chi connectivity index (χ1) is 7.65. The molecule has 0 aliphatic rings. The highest BCUT2D eigenvalue weighted by Gasteiger charge is 2.23. The number of esters is 1. The third-order valence-electron chi connectivity index (χ3n) is 2.24. The van der Waals surface area contributed by atoms with Crippen LogP contribution >= 0.6 is 0 Å². The van der Waals surface area contributed by atoms with E-state index in [1.165, 1.54) is 7.11 Å². The van der Waals surface area contributed by atoms with Gasteiger partial charge in [-0.05, 0) is 12.5 Å². The molecule has 1 N–H and O–H groups in total. The van der Waals surface area contributed by atoms with Crippen LogP contribution in [0.2, 0.25) is 0 Å². The van der Waals surface area contributed by atoms with Crippen molar-refractivity contribution in [1.82, 2.24) is 0 Å². The minimum absolute atomic E-state index is 0.357. The highest BCUT2D eigenvalue weighted by atomic mass is 16.5. The molecule has 0 heterocycles. The number of hydrogen-bond acceptors (Lipinski definition) is 4. The molecule has 0 amide bonds. The predicted octanol–water partition coefficient (Wildman–Crippen LogP) is 1.13. The lowest BCUT2D eigenvalue weighted by Crippen LogP contribution is -2.34. The van der Waals surface area contributed by atoms with Crippen molar-refractivity contribution >= 4 is 5.97 Å². The quantitative estimate of drug-likeness (QED) is 0.762. The molecule has 0 fully saturated rings.